The predicted molar refractivity (Wildman–Crippen MR) is 327 cm³/mol. The molecule has 0 fully saturated rings. The second kappa shape index (κ2) is 25.9. The van der Waals surface area contributed by atoms with Crippen molar-refractivity contribution in [3.63, 3.8) is 0 Å². The van der Waals surface area contributed by atoms with Gasteiger partial charge in [0.1, 0.15) is 58.2 Å². The van der Waals surface area contributed by atoms with E-state index in [9.17, 15) is 10.5 Å². The van der Waals surface area contributed by atoms with E-state index in [0.29, 0.717) is 39.5 Å². The fourth-order valence-electron chi connectivity index (χ4n) is 11.1. The Morgan fingerprint density at radius 1 is 0.460 bits per heavy atom. The SMILES string of the molecule is CC1=C(N)\C(c2c(C)cc(C)cc2C)=C(N)\C(C)=C(C#N)/C(Oc2ccccc2)=C/C2(/C=C(Oc3ccccc3)/C(C(F)(F)F)=C\C(N)=C(c3c(C)cc(C)cc3C)\C(N)=C\C(C#N)=C(\Oc3ccccc3)C2)C/C(Oc2ccccc2)=C\1C(F)(F)F. The highest BCUT2D eigenvalue weighted by atomic mass is 19.4. The Balaban J connectivity index is 1.71. The van der Waals surface area contributed by atoms with Crippen LogP contribution in [0.4, 0.5) is 26.3 Å². The number of nitriles is 2. The third-order valence-corrected chi connectivity index (χ3v) is 14.8. The molecular formula is C71H64F6N6O4. The van der Waals surface area contributed by atoms with Crippen molar-refractivity contribution in [3.05, 3.63) is 294 Å². The van der Waals surface area contributed by atoms with E-state index in [4.69, 9.17) is 41.9 Å². The van der Waals surface area contributed by atoms with Crippen LogP contribution < -0.4 is 41.9 Å². The van der Waals surface area contributed by atoms with Crippen LogP contribution in [0, 0.1) is 69.6 Å². The van der Waals surface area contributed by atoms with Crippen LogP contribution in [0.3, 0.4) is 0 Å². The molecule has 10 nitrogen and oxygen atoms in total. The first-order chi connectivity index (χ1) is 41.2. The second-order valence-electron chi connectivity index (χ2n) is 21.5. The Morgan fingerprint density at radius 2 is 0.862 bits per heavy atom. The van der Waals surface area contributed by atoms with E-state index in [-0.39, 0.29) is 68.0 Å². The molecule has 0 aliphatic heterocycles. The molecule has 0 heterocycles. The highest BCUT2D eigenvalue weighted by molar-refractivity contribution is 5.88. The van der Waals surface area contributed by atoms with E-state index in [1.165, 1.54) is 91.9 Å². The van der Waals surface area contributed by atoms with Crippen molar-refractivity contribution in [2.75, 3.05) is 0 Å². The third-order valence-electron chi connectivity index (χ3n) is 14.8. The van der Waals surface area contributed by atoms with Crippen molar-refractivity contribution in [1.82, 2.24) is 0 Å². The highest BCUT2D eigenvalue weighted by Gasteiger charge is 2.46. The highest BCUT2D eigenvalue weighted by Crippen LogP contribution is 2.50. The van der Waals surface area contributed by atoms with E-state index in [2.05, 4.69) is 12.1 Å². The minimum Gasteiger partial charge on any atom is -0.461 e. The smallest absolute Gasteiger partial charge is 0.420 e. The van der Waals surface area contributed by atoms with Gasteiger partial charge in [0.25, 0.3) is 0 Å². The minimum absolute atomic E-state index is 0.0514. The molecule has 8 rings (SSSR count). The summed E-state index contributed by atoms with van der Waals surface area (Å²) in [6.45, 7) is 13.3. The Hall–Kier alpha value is -10.3. The fraction of sp³-hybridized carbons (Fsp3) is 0.183. The minimum atomic E-state index is -5.40. The first-order valence-corrected chi connectivity index (χ1v) is 27.5. The van der Waals surface area contributed by atoms with Crippen LogP contribution in [0.1, 0.15) is 71.2 Å². The first-order valence-electron chi connectivity index (χ1n) is 27.5. The lowest BCUT2D eigenvalue weighted by atomic mass is 9.75. The lowest BCUT2D eigenvalue weighted by Gasteiger charge is -2.34. The topological polar surface area (TPSA) is 189 Å². The summed E-state index contributed by atoms with van der Waals surface area (Å²) in [6.07, 6.45) is -8.72. The largest absolute Gasteiger partial charge is 0.461 e. The predicted octanol–water partition coefficient (Wildman–Crippen LogP) is 16.5. The van der Waals surface area contributed by atoms with Gasteiger partial charge in [0.05, 0.1) is 22.3 Å². The van der Waals surface area contributed by atoms with E-state index in [0.717, 1.165) is 24.1 Å². The average Bonchev–Trinajstić information content (AvgIpc) is 1.14. The Bertz CT molecular complexity index is 4030. The lowest BCUT2D eigenvalue weighted by molar-refractivity contribution is -0.0928. The lowest BCUT2D eigenvalue weighted by Crippen LogP contribution is -2.29. The van der Waals surface area contributed by atoms with Crippen LogP contribution in [0.25, 0.3) is 11.1 Å². The normalized spacial score (nSPS) is 24.3. The molecule has 0 saturated carbocycles. The van der Waals surface area contributed by atoms with Crippen LogP contribution in [-0.2, 0) is 0 Å². The number of hydrogen-bond acceptors (Lipinski definition) is 10. The third kappa shape index (κ3) is 14.3. The van der Waals surface area contributed by atoms with Gasteiger partial charge in [-0.25, -0.2) is 0 Å². The molecule has 0 aromatic heterocycles. The number of rotatable bonds is 10. The number of para-hydroxylation sites is 4. The van der Waals surface area contributed by atoms with Crippen molar-refractivity contribution < 1.29 is 45.3 Å². The molecule has 1 unspecified atom stereocenters. The molecular weight excluding hydrogens is 1110 g/mol. The van der Waals surface area contributed by atoms with E-state index >= 15 is 26.3 Å². The van der Waals surface area contributed by atoms with Crippen molar-refractivity contribution in [3.8, 4) is 35.1 Å². The molecule has 0 amide bonds. The molecule has 8 N–H and O–H groups in total. The van der Waals surface area contributed by atoms with Crippen LogP contribution in [0.15, 0.2) is 249 Å². The zero-order valence-corrected chi connectivity index (χ0v) is 49.2. The maximum absolute atomic E-state index is 17.1. The number of nitrogens with zero attached hydrogens (tertiary/aromatic N) is 2. The van der Waals surface area contributed by atoms with Gasteiger partial charge >= 0.3 is 12.4 Å². The molecule has 1 spiro atoms. The average molecular weight is 1180 g/mol. The molecule has 0 bridgehead atoms. The van der Waals surface area contributed by atoms with Crippen molar-refractivity contribution in [2.45, 2.75) is 80.6 Å². The quantitative estimate of drug-likeness (QED) is 0.0961. The summed E-state index contributed by atoms with van der Waals surface area (Å²) >= 11 is 0. The Kier molecular flexibility index (Phi) is 18.7. The summed E-state index contributed by atoms with van der Waals surface area (Å²) in [5.41, 5.74) is 24.7. The van der Waals surface area contributed by atoms with Gasteiger partial charge in [-0.3, -0.25) is 0 Å². The van der Waals surface area contributed by atoms with E-state index in [1.807, 2.05) is 26.0 Å². The number of benzene rings is 6. The van der Waals surface area contributed by atoms with Crippen LogP contribution >= 0.6 is 0 Å². The molecule has 0 saturated heterocycles. The number of hydrogen-bond donors (Lipinski definition) is 4. The van der Waals surface area contributed by atoms with Gasteiger partial charge in [-0.1, -0.05) is 108 Å². The van der Waals surface area contributed by atoms with Gasteiger partial charge in [-0.15, -0.1) is 0 Å². The summed E-state index contributed by atoms with van der Waals surface area (Å²) in [7, 11) is 0. The fourth-order valence-corrected chi connectivity index (χ4v) is 11.1. The van der Waals surface area contributed by atoms with Gasteiger partial charge in [-0.05, 0) is 173 Å². The number of halogens is 6. The van der Waals surface area contributed by atoms with Gasteiger partial charge in [0.2, 0.25) is 0 Å². The number of nitrogens with two attached hydrogens (primary N) is 4. The summed E-state index contributed by atoms with van der Waals surface area (Å²) < 4.78 is 128. The molecule has 0 radical (unpaired) electrons. The Morgan fingerprint density at radius 3 is 1.29 bits per heavy atom. The zero-order chi connectivity index (χ0) is 63.1. The van der Waals surface area contributed by atoms with Gasteiger partial charge in [0.15, 0.2) is 0 Å². The number of ether oxygens (including phenoxy) is 4. The van der Waals surface area contributed by atoms with Gasteiger partial charge in [-0.2, -0.15) is 36.9 Å². The van der Waals surface area contributed by atoms with Crippen LogP contribution in [0.5, 0.6) is 23.0 Å². The molecule has 6 aromatic carbocycles. The molecule has 1 atom stereocenters. The zero-order valence-electron chi connectivity index (χ0n) is 49.2. The van der Waals surface area contributed by atoms with Gasteiger partial charge < -0.3 is 41.9 Å². The Labute approximate surface area is 502 Å². The molecule has 16 heteroatoms. The number of allylic oxidation sites excluding steroid dienone is 14. The van der Waals surface area contributed by atoms with Crippen LogP contribution in [0.2, 0.25) is 0 Å². The molecule has 2 aliphatic rings. The maximum Gasteiger partial charge on any atom is 0.420 e. The summed E-state index contributed by atoms with van der Waals surface area (Å²) in [6, 6.07) is 42.5. The summed E-state index contributed by atoms with van der Waals surface area (Å²) in [5, 5.41) is 23.2. The first kappa shape index (κ1) is 62.7. The summed E-state index contributed by atoms with van der Waals surface area (Å²) in [4.78, 5) is 0. The number of aryl methyl sites for hydroxylation is 6. The number of alkyl halides is 6. The molecule has 87 heavy (non-hydrogen) atoms. The monoisotopic (exact) mass is 1180 g/mol. The second-order valence-corrected chi connectivity index (χ2v) is 21.5. The maximum atomic E-state index is 17.1. The van der Waals surface area contributed by atoms with Gasteiger partial charge in [0, 0.05) is 52.2 Å². The van der Waals surface area contributed by atoms with E-state index in [1.54, 1.807) is 88.4 Å². The van der Waals surface area contributed by atoms with Crippen LogP contribution in [-0.4, -0.2) is 12.4 Å². The summed E-state index contributed by atoms with van der Waals surface area (Å²) in [5.74, 6) is -2.80. The molecule has 6 aromatic rings. The molecule has 2 aliphatic carbocycles. The standard InChI is InChI=1S/C71H64F6N6O4/c1-41-29-43(3)62(44(4)30-41)64-56(80)33-49(39-78)58(84-50-21-13-9-14-22-50)35-69(37-60(86-52-25-17-11-18-26-52)55(34-57(64)81)70(72,73)74)36-59(85-51-23-15-10-16-24-51)54(40-79)47(7)67(82)65(63-45(5)31-42(2)32-46(63)6)68(83)48(8)66(71(75,76)77)61(38-69)87-53-27-19-12-20-28-53/h9-34,36-37H,35,38,80-83H2,1-8H3/b54-47-,55-34+,56-33-,58-49-,59-36-,60-37-,64-57+,66-61-,67-65-,68-48-. The van der Waals surface area contributed by atoms with Crippen molar-refractivity contribution in [1.29, 1.82) is 10.5 Å². The van der Waals surface area contributed by atoms with E-state index < -0.39 is 76.0 Å². The molecule has 444 valence electrons. The van der Waals surface area contributed by atoms with Crippen molar-refractivity contribution >= 4 is 11.1 Å². The van der Waals surface area contributed by atoms with Crippen molar-refractivity contribution in [2.24, 2.45) is 28.3 Å².